The third-order valence-electron chi connectivity index (χ3n) is 4.35. The number of piperidine rings is 1. The first-order valence-corrected chi connectivity index (χ1v) is 7.41. The Balaban J connectivity index is 1.73. The molecule has 2 aliphatic rings. The van der Waals surface area contributed by atoms with Crippen molar-refractivity contribution in [3.8, 4) is 0 Å². The van der Waals surface area contributed by atoms with Crippen molar-refractivity contribution >= 4 is 17.7 Å². The number of hydrogen-bond acceptors (Lipinski definition) is 4. The van der Waals surface area contributed by atoms with Gasteiger partial charge in [0.25, 0.3) is 0 Å². The molecule has 6 heteroatoms. The van der Waals surface area contributed by atoms with Crippen LogP contribution in [0.3, 0.4) is 0 Å². The molecule has 6 nitrogen and oxygen atoms in total. The summed E-state index contributed by atoms with van der Waals surface area (Å²) in [5, 5.41) is 4.98. The van der Waals surface area contributed by atoms with Crippen molar-refractivity contribution in [1.29, 1.82) is 0 Å². The molecule has 0 aromatic heterocycles. The van der Waals surface area contributed by atoms with Gasteiger partial charge in [-0.2, -0.15) is 0 Å². The summed E-state index contributed by atoms with van der Waals surface area (Å²) in [7, 11) is 0. The molecule has 1 heterocycles. The van der Waals surface area contributed by atoms with Crippen LogP contribution >= 0.6 is 0 Å². The van der Waals surface area contributed by atoms with E-state index in [0.29, 0.717) is 24.7 Å². The molecule has 1 unspecified atom stereocenters. The van der Waals surface area contributed by atoms with Gasteiger partial charge in [-0.15, -0.1) is 0 Å². The minimum absolute atomic E-state index is 0.0873. The molecule has 0 bridgehead atoms. The van der Waals surface area contributed by atoms with Crippen LogP contribution in [-0.4, -0.2) is 30.3 Å². The van der Waals surface area contributed by atoms with Crippen LogP contribution in [0.15, 0.2) is 0 Å². The van der Waals surface area contributed by atoms with Crippen LogP contribution in [0.1, 0.15) is 44.9 Å². The number of carbonyl (C=O) groups is 3. The van der Waals surface area contributed by atoms with E-state index < -0.39 is 6.04 Å². The molecule has 2 rings (SSSR count). The Morgan fingerprint density at radius 2 is 1.80 bits per heavy atom. The van der Waals surface area contributed by atoms with Gasteiger partial charge in [0, 0.05) is 12.8 Å². The molecule has 20 heavy (non-hydrogen) atoms. The molecule has 0 spiro atoms. The zero-order chi connectivity index (χ0) is 14.5. The van der Waals surface area contributed by atoms with Gasteiger partial charge in [0.1, 0.15) is 6.04 Å². The summed E-state index contributed by atoms with van der Waals surface area (Å²) in [4.78, 5) is 34.5. The Morgan fingerprint density at radius 3 is 2.40 bits per heavy atom. The van der Waals surface area contributed by atoms with Gasteiger partial charge in [0.05, 0.1) is 0 Å². The van der Waals surface area contributed by atoms with Crippen molar-refractivity contribution in [3.05, 3.63) is 0 Å². The van der Waals surface area contributed by atoms with Crippen LogP contribution in [-0.2, 0) is 14.4 Å². The number of amides is 3. The second-order valence-electron chi connectivity index (χ2n) is 5.90. The zero-order valence-electron chi connectivity index (χ0n) is 11.7. The van der Waals surface area contributed by atoms with Gasteiger partial charge in [0.15, 0.2) is 0 Å². The van der Waals surface area contributed by atoms with E-state index in [9.17, 15) is 14.4 Å². The summed E-state index contributed by atoms with van der Waals surface area (Å²) >= 11 is 0. The highest BCUT2D eigenvalue weighted by Gasteiger charge is 2.29. The lowest BCUT2D eigenvalue weighted by atomic mass is 9.80. The van der Waals surface area contributed by atoms with Crippen molar-refractivity contribution in [2.45, 2.75) is 51.0 Å². The summed E-state index contributed by atoms with van der Waals surface area (Å²) in [6.07, 6.45) is 5.40. The Labute approximate surface area is 118 Å². The third kappa shape index (κ3) is 4.03. The number of imide groups is 1. The van der Waals surface area contributed by atoms with Crippen LogP contribution in [0.5, 0.6) is 0 Å². The number of nitrogens with two attached hydrogens (primary N) is 1. The largest absolute Gasteiger partial charge is 0.344 e. The molecular formula is C14H23N3O3. The van der Waals surface area contributed by atoms with E-state index in [1.54, 1.807) is 0 Å². The molecule has 0 aromatic rings. The highest BCUT2D eigenvalue weighted by atomic mass is 16.2. The van der Waals surface area contributed by atoms with Gasteiger partial charge < -0.3 is 11.1 Å². The highest BCUT2D eigenvalue weighted by molar-refractivity contribution is 6.01. The van der Waals surface area contributed by atoms with Gasteiger partial charge in [-0.25, -0.2) is 0 Å². The van der Waals surface area contributed by atoms with Crippen LogP contribution in [0.4, 0.5) is 0 Å². The summed E-state index contributed by atoms with van der Waals surface area (Å²) < 4.78 is 0. The van der Waals surface area contributed by atoms with E-state index in [4.69, 9.17) is 5.73 Å². The first-order chi connectivity index (χ1) is 9.58. The summed E-state index contributed by atoms with van der Waals surface area (Å²) in [6.45, 7) is 0.731. The van der Waals surface area contributed by atoms with Crippen molar-refractivity contribution in [3.63, 3.8) is 0 Å². The molecule has 0 aromatic carbocycles. The second kappa shape index (κ2) is 6.83. The molecule has 112 valence electrons. The van der Waals surface area contributed by atoms with Crippen molar-refractivity contribution < 1.29 is 14.4 Å². The molecule has 1 saturated heterocycles. The lowest BCUT2D eigenvalue weighted by molar-refractivity contribution is -0.137. The predicted octanol–water partition coefficient (Wildman–Crippen LogP) is 0.0630. The number of carbonyl (C=O) groups excluding carboxylic acids is 3. The van der Waals surface area contributed by atoms with Crippen molar-refractivity contribution in [1.82, 2.24) is 10.6 Å². The van der Waals surface area contributed by atoms with E-state index in [-0.39, 0.29) is 24.1 Å². The highest BCUT2D eigenvalue weighted by Crippen LogP contribution is 2.30. The van der Waals surface area contributed by atoms with E-state index in [1.807, 2.05) is 0 Å². The fourth-order valence-electron chi connectivity index (χ4n) is 3.02. The maximum atomic E-state index is 12.0. The van der Waals surface area contributed by atoms with E-state index in [0.717, 1.165) is 32.2 Å². The molecule has 1 aliphatic carbocycles. The van der Waals surface area contributed by atoms with Crippen LogP contribution in [0.2, 0.25) is 0 Å². The van der Waals surface area contributed by atoms with Crippen molar-refractivity contribution in [2.24, 2.45) is 17.6 Å². The van der Waals surface area contributed by atoms with Gasteiger partial charge in [-0.05, 0) is 50.5 Å². The van der Waals surface area contributed by atoms with E-state index in [1.165, 1.54) is 0 Å². The monoisotopic (exact) mass is 281 g/mol. The molecule has 3 amide bonds. The normalized spacial score (nSPS) is 30.8. The van der Waals surface area contributed by atoms with Crippen LogP contribution in [0.25, 0.3) is 0 Å². The van der Waals surface area contributed by atoms with E-state index in [2.05, 4.69) is 10.6 Å². The summed E-state index contributed by atoms with van der Waals surface area (Å²) in [5.74, 6) is 0.258. The maximum Gasteiger partial charge on any atom is 0.249 e. The SMILES string of the molecule is NCC1CCC(CC(=O)NC2CCC(=O)NC2=O)CC1. The van der Waals surface area contributed by atoms with Gasteiger partial charge in [-0.3, -0.25) is 19.7 Å². The number of hydrogen-bond donors (Lipinski definition) is 3. The Morgan fingerprint density at radius 1 is 1.15 bits per heavy atom. The predicted molar refractivity (Wildman–Crippen MR) is 73.4 cm³/mol. The van der Waals surface area contributed by atoms with Gasteiger partial charge in [0.2, 0.25) is 17.7 Å². The molecule has 1 saturated carbocycles. The first kappa shape index (κ1) is 15.0. The fourth-order valence-corrected chi connectivity index (χ4v) is 3.02. The second-order valence-corrected chi connectivity index (χ2v) is 5.90. The smallest absolute Gasteiger partial charge is 0.249 e. The molecule has 2 fully saturated rings. The molecule has 1 aliphatic heterocycles. The lowest BCUT2D eigenvalue weighted by Crippen LogP contribution is -2.52. The molecule has 0 radical (unpaired) electrons. The average molecular weight is 281 g/mol. The average Bonchev–Trinajstić information content (AvgIpc) is 2.43. The van der Waals surface area contributed by atoms with E-state index >= 15 is 0 Å². The number of rotatable bonds is 4. The minimum atomic E-state index is -0.555. The Hall–Kier alpha value is -1.43. The minimum Gasteiger partial charge on any atom is -0.344 e. The number of nitrogens with one attached hydrogen (secondary N) is 2. The van der Waals surface area contributed by atoms with Gasteiger partial charge >= 0.3 is 0 Å². The summed E-state index contributed by atoms with van der Waals surface area (Å²) in [5.41, 5.74) is 5.65. The molecule has 1 atom stereocenters. The zero-order valence-corrected chi connectivity index (χ0v) is 11.7. The first-order valence-electron chi connectivity index (χ1n) is 7.41. The molecular weight excluding hydrogens is 258 g/mol. The standard InChI is InChI=1S/C14H23N3O3/c15-8-10-3-1-9(2-4-10)7-13(19)16-11-5-6-12(18)17-14(11)20/h9-11H,1-8,15H2,(H,16,19)(H,17,18,20). The lowest BCUT2D eigenvalue weighted by Gasteiger charge is -2.28. The van der Waals surface area contributed by atoms with Gasteiger partial charge in [-0.1, -0.05) is 0 Å². The molecule has 4 N–H and O–H groups in total. The third-order valence-corrected chi connectivity index (χ3v) is 4.35. The van der Waals surface area contributed by atoms with Crippen molar-refractivity contribution in [2.75, 3.05) is 6.54 Å². The topological polar surface area (TPSA) is 101 Å². The quantitative estimate of drug-likeness (QED) is 0.634. The van der Waals surface area contributed by atoms with Crippen LogP contribution in [0, 0.1) is 11.8 Å². The van der Waals surface area contributed by atoms with Crippen LogP contribution < -0.4 is 16.4 Å². The fraction of sp³-hybridized carbons (Fsp3) is 0.786. The maximum absolute atomic E-state index is 12.0. The Bertz CT molecular complexity index is 389. The Kier molecular flexibility index (Phi) is 5.11. The summed E-state index contributed by atoms with van der Waals surface area (Å²) in [6, 6.07) is -0.555.